The molecule has 10 heteroatoms. The maximum Gasteiger partial charge on any atom is 0.420 e. The molecule has 0 bridgehead atoms. The van der Waals surface area contributed by atoms with Crippen LogP contribution in [0.1, 0.15) is 24.4 Å². The molecule has 1 unspecified atom stereocenters. The van der Waals surface area contributed by atoms with Gasteiger partial charge in [0.2, 0.25) is 5.78 Å². The quantitative estimate of drug-likeness (QED) is 0.399. The third kappa shape index (κ3) is 2.91. The van der Waals surface area contributed by atoms with Crippen molar-refractivity contribution in [2.75, 3.05) is 0 Å². The van der Waals surface area contributed by atoms with Gasteiger partial charge in [-0.2, -0.15) is 0 Å². The van der Waals surface area contributed by atoms with Crippen LogP contribution in [0, 0.1) is 6.92 Å². The van der Waals surface area contributed by atoms with E-state index < -0.39 is 17.8 Å². The fourth-order valence-corrected chi connectivity index (χ4v) is 3.86. The number of para-hydroxylation sites is 2. The third-order valence-electron chi connectivity index (χ3n) is 5.53. The van der Waals surface area contributed by atoms with Crippen LogP contribution in [-0.4, -0.2) is 29.7 Å². The number of oxazole rings is 1. The fourth-order valence-electron chi connectivity index (χ4n) is 3.86. The van der Waals surface area contributed by atoms with E-state index in [0.29, 0.717) is 33.6 Å². The summed E-state index contributed by atoms with van der Waals surface area (Å²) < 4.78 is 15.0. The second kappa shape index (κ2) is 7.19. The molecule has 0 spiro atoms. The van der Waals surface area contributed by atoms with Crippen molar-refractivity contribution in [1.82, 2.24) is 23.7 Å². The Labute approximate surface area is 180 Å². The summed E-state index contributed by atoms with van der Waals surface area (Å²) in [4.78, 5) is 37.7. The van der Waals surface area contributed by atoms with Crippen molar-refractivity contribution in [2.24, 2.45) is 7.05 Å². The largest absolute Gasteiger partial charge is 0.456 e. The Hall–Kier alpha value is -4.21. The van der Waals surface area contributed by atoms with Crippen LogP contribution in [-0.2, 0) is 23.2 Å². The Kier molecular flexibility index (Phi) is 4.43. The first-order chi connectivity index (χ1) is 15.4. The molecular formula is C22H19N5O5. The van der Waals surface area contributed by atoms with Crippen molar-refractivity contribution in [3.63, 3.8) is 0 Å². The van der Waals surface area contributed by atoms with E-state index in [9.17, 15) is 14.4 Å². The SMILES string of the molecule is Cc1ccc2c(c1)c(=O)n(C)c1nnc(COC(=O)C(C)n3c(=O)oc4ccccc43)n21. The Morgan fingerprint density at radius 2 is 1.91 bits per heavy atom. The van der Waals surface area contributed by atoms with Crippen molar-refractivity contribution < 1.29 is 13.9 Å². The lowest BCUT2D eigenvalue weighted by molar-refractivity contribution is -0.148. The van der Waals surface area contributed by atoms with E-state index in [-0.39, 0.29) is 12.2 Å². The number of aromatic nitrogens is 5. The standard InChI is InChI=1S/C22H19N5O5/c1-12-8-9-15-14(10-12)19(28)25(3)21-24-23-18(27(15)21)11-31-20(29)13(2)26-16-6-4-5-7-17(16)32-22(26)30/h4-10,13H,11H2,1-3H3. The third-order valence-corrected chi connectivity index (χ3v) is 5.53. The van der Waals surface area contributed by atoms with Crippen LogP contribution >= 0.6 is 0 Å². The highest BCUT2D eigenvalue weighted by molar-refractivity contribution is 5.81. The van der Waals surface area contributed by atoms with Gasteiger partial charge in [-0.15, -0.1) is 10.2 Å². The molecule has 162 valence electrons. The number of rotatable bonds is 4. The monoisotopic (exact) mass is 433 g/mol. The Balaban J connectivity index is 1.50. The number of carbonyl (C=O) groups excluding carboxylic acids is 1. The topological polar surface area (TPSA) is 114 Å². The van der Waals surface area contributed by atoms with Crippen LogP contribution in [0.5, 0.6) is 0 Å². The van der Waals surface area contributed by atoms with Gasteiger partial charge < -0.3 is 9.15 Å². The number of aryl methyl sites for hydroxylation is 2. The summed E-state index contributed by atoms with van der Waals surface area (Å²) in [6.45, 7) is 3.28. The van der Waals surface area contributed by atoms with Gasteiger partial charge in [-0.05, 0) is 38.1 Å². The zero-order valence-electron chi connectivity index (χ0n) is 17.6. The van der Waals surface area contributed by atoms with E-state index in [1.165, 1.54) is 9.13 Å². The van der Waals surface area contributed by atoms with Gasteiger partial charge in [0.1, 0.15) is 6.04 Å². The average Bonchev–Trinajstić information content (AvgIpc) is 3.35. The predicted molar refractivity (Wildman–Crippen MR) is 115 cm³/mol. The Bertz CT molecular complexity index is 1640. The molecule has 2 aromatic carbocycles. The van der Waals surface area contributed by atoms with Gasteiger partial charge in [-0.3, -0.25) is 18.3 Å². The summed E-state index contributed by atoms with van der Waals surface area (Å²) in [5.41, 5.74) is 2.28. The molecule has 0 fully saturated rings. The maximum atomic E-state index is 12.8. The van der Waals surface area contributed by atoms with Crippen LogP contribution in [0.2, 0.25) is 0 Å². The number of hydrogen-bond acceptors (Lipinski definition) is 7. The molecule has 5 aromatic rings. The van der Waals surface area contributed by atoms with E-state index >= 15 is 0 Å². The average molecular weight is 433 g/mol. The van der Waals surface area contributed by atoms with Crippen molar-refractivity contribution in [1.29, 1.82) is 0 Å². The van der Waals surface area contributed by atoms with Crippen molar-refractivity contribution in [2.45, 2.75) is 26.5 Å². The molecule has 0 aliphatic heterocycles. The van der Waals surface area contributed by atoms with E-state index in [1.807, 2.05) is 19.1 Å². The zero-order chi connectivity index (χ0) is 22.6. The molecule has 3 heterocycles. The van der Waals surface area contributed by atoms with Gasteiger partial charge >= 0.3 is 11.7 Å². The molecular weight excluding hydrogens is 414 g/mol. The van der Waals surface area contributed by atoms with Crippen molar-refractivity contribution in [3.8, 4) is 0 Å². The van der Waals surface area contributed by atoms with Crippen LogP contribution in [0.4, 0.5) is 0 Å². The fraction of sp³-hybridized carbons (Fsp3) is 0.227. The number of benzene rings is 2. The Morgan fingerprint density at radius 1 is 1.12 bits per heavy atom. The van der Waals surface area contributed by atoms with Gasteiger partial charge in [0.25, 0.3) is 5.56 Å². The first-order valence-electron chi connectivity index (χ1n) is 9.97. The van der Waals surface area contributed by atoms with Gasteiger partial charge in [0, 0.05) is 7.05 Å². The molecule has 0 aliphatic rings. The Morgan fingerprint density at radius 3 is 2.72 bits per heavy atom. The van der Waals surface area contributed by atoms with Crippen molar-refractivity contribution in [3.05, 3.63) is 74.8 Å². The molecule has 10 nitrogen and oxygen atoms in total. The summed E-state index contributed by atoms with van der Waals surface area (Å²) in [5, 5.41) is 8.73. The molecule has 0 amide bonds. The minimum absolute atomic E-state index is 0.184. The first-order valence-corrected chi connectivity index (χ1v) is 9.97. The van der Waals surface area contributed by atoms with Crippen LogP contribution in [0.25, 0.3) is 27.8 Å². The molecule has 0 radical (unpaired) electrons. The number of ether oxygens (including phenoxy) is 1. The second-order valence-corrected chi connectivity index (χ2v) is 7.63. The lowest BCUT2D eigenvalue weighted by Gasteiger charge is -2.12. The smallest absolute Gasteiger partial charge is 0.420 e. The minimum Gasteiger partial charge on any atom is -0.456 e. The van der Waals surface area contributed by atoms with Gasteiger partial charge in [0.15, 0.2) is 18.0 Å². The first kappa shape index (κ1) is 19.7. The highest BCUT2D eigenvalue weighted by Crippen LogP contribution is 2.19. The van der Waals surface area contributed by atoms with Crippen LogP contribution < -0.4 is 11.3 Å². The summed E-state index contributed by atoms with van der Waals surface area (Å²) in [6.07, 6.45) is 0. The summed E-state index contributed by atoms with van der Waals surface area (Å²) in [5.74, 6) is -0.572. The molecule has 0 aliphatic carbocycles. The molecule has 32 heavy (non-hydrogen) atoms. The second-order valence-electron chi connectivity index (χ2n) is 7.63. The van der Waals surface area contributed by atoms with E-state index in [1.54, 1.807) is 48.7 Å². The minimum atomic E-state index is -0.908. The van der Waals surface area contributed by atoms with Gasteiger partial charge in [-0.1, -0.05) is 23.8 Å². The molecule has 3 aromatic heterocycles. The lowest BCUT2D eigenvalue weighted by atomic mass is 10.1. The number of nitrogens with zero attached hydrogens (tertiary/aromatic N) is 5. The molecule has 0 N–H and O–H groups in total. The van der Waals surface area contributed by atoms with E-state index in [2.05, 4.69) is 10.2 Å². The van der Waals surface area contributed by atoms with E-state index in [0.717, 1.165) is 5.56 Å². The number of esters is 1. The van der Waals surface area contributed by atoms with Crippen LogP contribution in [0.15, 0.2) is 56.5 Å². The number of hydrogen-bond donors (Lipinski definition) is 0. The summed E-state index contributed by atoms with van der Waals surface area (Å²) >= 11 is 0. The summed E-state index contributed by atoms with van der Waals surface area (Å²) in [7, 11) is 1.61. The van der Waals surface area contributed by atoms with Crippen molar-refractivity contribution >= 4 is 33.7 Å². The zero-order valence-corrected chi connectivity index (χ0v) is 17.6. The highest BCUT2D eigenvalue weighted by Gasteiger charge is 2.24. The van der Waals surface area contributed by atoms with Gasteiger partial charge in [-0.25, -0.2) is 9.59 Å². The predicted octanol–water partition coefficient (Wildman–Crippen LogP) is 2.10. The number of carbonyl (C=O) groups is 1. The lowest BCUT2D eigenvalue weighted by Crippen LogP contribution is -2.26. The molecule has 5 rings (SSSR count). The maximum absolute atomic E-state index is 12.8. The van der Waals surface area contributed by atoms with Crippen LogP contribution in [0.3, 0.4) is 0 Å². The summed E-state index contributed by atoms with van der Waals surface area (Å²) in [6, 6.07) is 11.4. The van der Waals surface area contributed by atoms with E-state index in [4.69, 9.17) is 9.15 Å². The van der Waals surface area contributed by atoms with Gasteiger partial charge in [0.05, 0.1) is 16.4 Å². The molecule has 0 saturated carbocycles. The molecule has 0 saturated heterocycles. The normalized spacial score (nSPS) is 12.6. The molecule has 1 atom stereocenters. The highest BCUT2D eigenvalue weighted by atomic mass is 16.5. The number of fused-ring (bicyclic) bond motifs is 4.